The predicted molar refractivity (Wildman–Crippen MR) is 101 cm³/mol. The van der Waals surface area contributed by atoms with Crippen LogP contribution in [-0.4, -0.2) is 70.1 Å². The molecule has 30 heavy (non-hydrogen) atoms. The fourth-order valence-corrected chi connectivity index (χ4v) is 5.52. The molecule has 3 heterocycles. The summed E-state index contributed by atoms with van der Waals surface area (Å²) in [6.07, 6.45) is 0.778. The number of likely N-dealkylation sites (tertiary alicyclic amines) is 1. The van der Waals surface area contributed by atoms with Crippen molar-refractivity contribution >= 4 is 21.9 Å². The molecule has 2 fully saturated rings. The van der Waals surface area contributed by atoms with Gasteiger partial charge in [-0.2, -0.15) is 17.5 Å². The highest BCUT2D eigenvalue weighted by Crippen LogP contribution is 2.34. The fourth-order valence-electron chi connectivity index (χ4n) is 3.72. The summed E-state index contributed by atoms with van der Waals surface area (Å²) in [7, 11) is -3.21. The number of rotatable bonds is 5. The first-order valence-corrected chi connectivity index (χ1v) is 11.1. The molecule has 0 spiro atoms. The van der Waals surface area contributed by atoms with Crippen LogP contribution < -0.4 is 0 Å². The highest BCUT2D eigenvalue weighted by Gasteiger charge is 2.46. The first-order valence-electron chi connectivity index (χ1n) is 9.45. The second-order valence-electron chi connectivity index (χ2n) is 7.07. The van der Waals surface area contributed by atoms with Gasteiger partial charge in [0.1, 0.15) is 0 Å². The van der Waals surface area contributed by atoms with Crippen LogP contribution in [0.2, 0.25) is 0 Å². The molecule has 2 aliphatic heterocycles. The first kappa shape index (κ1) is 24.1. The summed E-state index contributed by atoms with van der Waals surface area (Å²) in [5, 5.41) is 7.12. The SMILES string of the molecule is CCCS(=O)(=O)N1CC[C@H]2[C@@H]1CCC(=O)N2Cc1cccnc1.O=C(O)C(F)(F)F. The van der Waals surface area contributed by atoms with Gasteiger partial charge in [0, 0.05) is 44.0 Å². The first-order chi connectivity index (χ1) is 14.0. The number of halogens is 3. The molecule has 8 nitrogen and oxygen atoms in total. The van der Waals surface area contributed by atoms with E-state index in [0.29, 0.717) is 32.4 Å². The van der Waals surface area contributed by atoms with E-state index in [0.717, 1.165) is 12.0 Å². The lowest BCUT2D eigenvalue weighted by molar-refractivity contribution is -0.192. The van der Waals surface area contributed by atoms with Gasteiger partial charge in [-0.25, -0.2) is 13.2 Å². The molecule has 0 aromatic carbocycles. The van der Waals surface area contributed by atoms with Crippen LogP contribution in [0.25, 0.3) is 0 Å². The van der Waals surface area contributed by atoms with Crippen molar-refractivity contribution in [3.63, 3.8) is 0 Å². The maximum atomic E-state index is 12.4. The number of pyridine rings is 1. The average molecular weight is 451 g/mol. The Labute approximate surface area is 172 Å². The van der Waals surface area contributed by atoms with Crippen molar-refractivity contribution in [2.45, 2.75) is 57.4 Å². The quantitative estimate of drug-likeness (QED) is 0.734. The third-order valence-electron chi connectivity index (χ3n) is 4.97. The van der Waals surface area contributed by atoms with Gasteiger partial charge in [-0.05, 0) is 30.9 Å². The number of hydrogen-bond acceptors (Lipinski definition) is 5. The number of carboxylic acids is 1. The summed E-state index contributed by atoms with van der Waals surface area (Å²) in [5.41, 5.74) is 0.983. The van der Waals surface area contributed by atoms with Crippen molar-refractivity contribution in [2.75, 3.05) is 12.3 Å². The van der Waals surface area contributed by atoms with Crippen LogP contribution >= 0.6 is 0 Å². The van der Waals surface area contributed by atoms with Crippen molar-refractivity contribution < 1.29 is 36.3 Å². The Morgan fingerprint density at radius 1 is 1.30 bits per heavy atom. The highest BCUT2D eigenvalue weighted by molar-refractivity contribution is 7.89. The zero-order valence-corrected chi connectivity index (χ0v) is 17.2. The van der Waals surface area contributed by atoms with Crippen LogP contribution in [0.3, 0.4) is 0 Å². The van der Waals surface area contributed by atoms with E-state index in [1.807, 2.05) is 24.0 Å². The van der Waals surface area contributed by atoms with Gasteiger partial charge in [0.25, 0.3) is 0 Å². The summed E-state index contributed by atoms with van der Waals surface area (Å²) in [6, 6.07) is 3.72. The van der Waals surface area contributed by atoms with E-state index in [9.17, 15) is 26.4 Å². The second-order valence-corrected chi connectivity index (χ2v) is 9.12. The molecule has 0 aliphatic carbocycles. The summed E-state index contributed by atoms with van der Waals surface area (Å²) in [6.45, 7) is 2.91. The molecular weight excluding hydrogens is 427 g/mol. The number of carbonyl (C=O) groups excluding carboxylic acids is 1. The molecule has 1 aromatic rings. The maximum Gasteiger partial charge on any atom is 0.490 e. The number of nitrogens with zero attached hydrogens (tertiary/aromatic N) is 3. The van der Waals surface area contributed by atoms with E-state index in [1.54, 1.807) is 16.7 Å². The zero-order valence-electron chi connectivity index (χ0n) is 16.4. The minimum atomic E-state index is -5.08. The van der Waals surface area contributed by atoms with Crippen LogP contribution in [0.15, 0.2) is 24.5 Å². The number of alkyl halides is 3. The van der Waals surface area contributed by atoms with E-state index in [4.69, 9.17) is 9.90 Å². The molecule has 168 valence electrons. The summed E-state index contributed by atoms with van der Waals surface area (Å²) < 4.78 is 58.3. The number of carboxylic acid groups (broad SMARTS) is 1. The van der Waals surface area contributed by atoms with Gasteiger partial charge < -0.3 is 10.0 Å². The lowest BCUT2D eigenvalue weighted by Crippen LogP contribution is -2.53. The third kappa shape index (κ3) is 5.91. The molecule has 1 amide bonds. The van der Waals surface area contributed by atoms with E-state index in [2.05, 4.69) is 4.98 Å². The molecule has 0 saturated carbocycles. The summed E-state index contributed by atoms with van der Waals surface area (Å²) >= 11 is 0. The number of piperidine rings is 1. The monoisotopic (exact) mass is 451 g/mol. The molecule has 0 unspecified atom stereocenters. The Morgan fingerprint density at radius 3 is 2.50 bits per heavy atom. The highest BCUT2D eigenvalue weighted by atomic mass is 32.2. The van der Waals surface area contributed by atoms with Crippen molar-refractivity contribution in [3.05, 3.63) is 30.1 Å². The summed E-state index contributed by atoms with van der Waals surface area (Å²) in [4.78, 5) is 27.2. The minimum Gasteiger partial charge on any atom is -0.475 e. The smallest absolute Gasteiger partial charge is 0.475 e. The van der Waals surface area contributed by atoms with E-state index in [1.165, 1.54) is 0 Å². The van der Waals surface area contributed by atoms with E-state index < -0.39 is 22.2 Å². The van der Waals surface area contributed by atoms with E-state index >= 15 is 0 Å². The van der Waals surface area contributed by atoms with Gasteiger partial charge in [0.2, 0.25) is 15.9 Å². The van der Waals surface area contributed by atoms with Gasteiger partial charge in [0.05, 0.1) is 5.75 Å². The Bertz CT molecular complexity index is 848. The molecule has 2 atom stereocenters. The van der Waals surface area contributed by atoms with Crippen LogP contribution in [0, 0.1) is 0 Å². The number of amides is 1. The number of fused-ring (bicyclic) bond motifs is 1. The van der Waals surface area contributed by atoms with Crippen LogP contribution in [-0.2, 0) is 26.2 Å². The average Bonchev–Trinajstić information content (AvgIpc) is 3.10. The predicted octanol–water partition coefficient (Wildman–Crippen LogP) is 2.02. The van der Waals surface area contributed by atoms with Gasteiger partial charge in [-0.15, -0.1) is 0 Å². The topological polar surface area (TPSA) is 108 Å². The fraction of sp³-hybridized carbons (Fsp3) is 0.611. The molecule has 1 aromatic heterocycles. The number of aromatic nitrogens is 1. The van der Waals surface area contributed by atoms with Gasteiger partial charge in [-0.1, -0.05) is 13.0 Å². The van der Waals surface area contributed by atoms with Crippen molar-refractivity contribution in [3.8, 4) is 0 Å². The Kier molecular flexibility index (Phi) is 7.81. The Balaban J connectivity index is 0.000000396. The number of carbonyl (C=O) groups is 2. The lowest BCUT2D eigenvalue weighted by atomic mass is 9.96. The third-order valence-corrected chi connectivity index (χ3v) is 7.06. The molecule has 3 rings (SSSR count). The van der Waals surface area contributed by atoms with Crippen LogP contribution in [0.5, 0.6) is 0 Å². The molecular formula is C18H24F3N3O5S. The molecule has 12 heteroatoms. The molecule has 2 saturated heterocycles. The second kappa shape index (κ2) is 9.73. The van der Waals surface area contributed by atoms with Gasteiger partial charge in [-0.3, -0.25) is 9.78 Å². The molecule has 2 aliphatic rings. The standard InChI is InChI=1S/C16H23N3O3S.C2HF3O2/c1-2-10-23(21,22)19-9-7-14-15(19)5-6-16(20)18(14)12-13-4-3-8-17-11-13;3-2(4,5)1(6)7/h3-4,8,11,14-15H,2,5-7,9-10,12H2,1H3;(H,6,7)/t14-,15-;/m0./s1. The van der Waals surface area contributed by atoms with Crippen molar-refractivity contribution in [1.82, 2.24) is 14.2 Å². The number of hydrogen-bond donors (Lipinski definition) is 1. The lowest BCUT2D eigenvalue weighted by Gasteiger charge is -2.39. The Morgan fingerprint density at radius 2 is 1.97 bits per heavy atom. The number of aliphatic carboxylic acids is 1. The molecule has 0 bridgehead atoms. The van der Waals surface area contributed by atoms with Crippen molar-refractivity contribution in [2.24, 2.45) is 0 Å². The van der Waals surface area contributed by atoms with Crippen molar-refractivity contribution in [1.29, 1.82) is 0 Å². The van der Waals surface area contributed by atoms with Gasteiger partial charge in [0.15, 0.2) is 0 Å². The largest absolute Gasteiger partial charge is 0.490 e. The molecule has 0 radical (unpaired) electrons. The maximum absolute atomic E-state index is 12.4. The normalized spacial score (nSPS) is 22.3. The van der Waals surface area contributed by atoms with Crippen LogP contribution in [0.1, 0.15) is 38.2 Å². The minimum absolute atomic E-state index is 0.0110. The van der Waals surface area contributed by atoms with Gasteiger partial charge >= 0.3 is 12.1 Å². The molecule has 1 N–H and O–H groups in total. The van der Waals surface area contributed by atoms with Crippen LogP contribution in [0.4, 0.5) is 13.2 Å². The Hall–Kier alpha value is -2.21. The number of sulfonamides is 1. The van der Waals surface area contributed by atoms with E-state index in [-0.39, 0.29) is 23.7 Å². The summed E-state index contributed by atoms with van der Waals surface area (Å²) in [5.74, 6) is -2.45. The zero-order chi connectivity index (χ0) is 22.5.